The highest BCUT2D eigenvalue weighted by Gasteiger charge is 2.42. The number of anilines is 1. The number of hydrogen-bond donors (Lipinski definition) is 0. The van der Waals surface area contributed by atoms with Crippen molar-refractivity contribution < 1.29 is 26.7 Å². The van der Waals surface area contributed by atoms with Crippen molar-refractivity contribution >= 4 is 17.4 Å². The van der Waals surface area contributed by atoms with Crippen LogP contribution >= 0.6 is 11.6 Å². The molecular weight excluding hydrogens is 531 g/mol. The SMILES string of the molecule is Fc1ccc(N2CCC(c3nnc4n3-c3ccc(Cl)cc3CN(CC3(F)COC3)C4)CC2)nc1C(F)(F)F. The molecule has 0 unspecified atom stereocenters. The summed E-state index contributed by atoms with van der Waals surface area (Å²) in [6.45, 7) is 2.05. The Balaban J connectivity index is 1.25. The molecule has 2 fully saturated rings. The van der Waals surface area contributed by atoms with Crippen molar-refractivity contribution in [2.24, 2.45) is 0 Å². The highest BCUT2D eigenvalue weighted by atomic mass is 35.5. The third-order valence-electron chi connectivity index (χ3n) is 7.31. The molecule has 3 aliphatic heterocycles. The van der Waals surface area contributed by atoms with Crippen LogP contribution in [-0.2, 0) is 24.0 Å². The van der Waals surface area contributed by atoms with Crippen molar-refractivity contribution in [2.75, 3.05) is 37.7 Å². The van der Waals surface area contributed by atoms with Gasteiger partial charge in [-0.05, 0) is 48.7 Å². The Morgan fingerprint density at radius 1 is 1.05 bits per heavy atom. The second kappa shape index (κ2) is 9.42. The summed E-state index contributed by atoms with van der Waals surface area (Å²) in [7, 11) is 0. The molecule has 2 aromatic heterocycles. The highest BCUT2D eigenvalue weighted by molar-refractivity contribution is 6.30. The van der Waals surface area contributed by atoms with E-state index in [-0.39, 0.29) is 31.5 Å². The fourth-order valence-electron chi connectivity index (χ4n) is 5.46. The molecule has 6 rings (SSSR count). The van der Waals surface area contributed by atoms with Crippen LogP contribution < -0.4 is 4.90 Å². The van der Waals surface area contributed by atoms with Crippen LogP contribution in [-0.4, -0.2) is 63.2 Å². The maximum atomic E-state index is 14.9. The number of fused-ring (bicyclic) bond motifs is 3. The first-order chi connectivity index (χ1) is 18.1. The van der Waals surface area contributed by atoms with Crippen LogP contribution in [0.2, 0.25) is 5.02 Å². The second-order valence-corrected chi connectivity index (χ2v) is 10.6. The minimum atomic E-state index is -4.87. The molecule has 0 radical (unpaired) electrons. The normalized spacial score (nSPS) is 20.0. The van der Waals surface area contributed by atoms with Crippen LogP contribution in [0.1, 0.15) is 41.7 Å². The summed E-state index contributed by atoms with van der Waals surface area (Å²) in [5, 5.41) is 9.53. The van der Waals surface area contributed by atoms with E-state index in [1.807, 2.05) is 21.6 Å². The van der Waals surface area contributed by atoms with Crippen LogP contribution in [0.4, 0.5) is 27.8 Å². The molecule has 3 aromatic rings. The van der Waals surface area contributed by atoms with Gasteiger partial charge < -0.3 is 9.64 Å². The van der Waals surface area contributed by atoms with E-state index in [1.54, 1.807) is 11.0 Å². The zero-order chi connectivity index (χ0) is 26.7. The fourth-order valence-corrected chi connectivity index (χ4v) is 5.65. The summed E-state index contributed by atoms with van der Waals surface area (Å²) < 4.78 is 75.1. The smallest absolute Gasteiger partial charge is 0.375 e. The average molecular weight is 555 g/mol. The molecule has 0 aliphatic carbocycles. The Bertz CT molecular complexity index is 1350. The minimum absolute atomic E-state index is 0.0161. The molecule has 0 spiro atoms. The van der Waals surface area contributed by atoms with Crippen molar-refractivity contribution in [1.82, 2.24) is 24.6 Å². The fraction of sp³-hybridized carbons (Fsp3) is 0.480. The number of piperidine rings is 1. The summed E-state index contributed by atoms with van der Waals surface area (Å²) in [5.41, 5.74) is -1.11. The molecule has 13 heteroatoms. The number of hydrogen-bond acceptors (Lipinski definition) is 6. The number of ether oxygens (including phenoxy) is 1. The van der Waals surface area contributed by atoms with Crippen molar-refractivity contribution in [3.8, 4) is 5.69 Å². The molecule has 2 saturated heterocycles. The lowest BCUT2D eigenvalue weighted by molar-refractivity contribution is -0.143. The second-order valence-electron chi connectivity index (χ2n) is 10.1. The van der Waals surface area contributed by atoms with Gasteiger partial charge in [0, 0.05) is 37.1 Å². The molecule has 38 heavy (non-hydrogen) atoms. The van der Waals surface area contributed by atoms with Gasteiger partial charge in [0.2, 0.25) is 0 Å². The molecule has 0 bridgehead atoms. The molecule has 1 aromatic carbocycles. The van der Waals surface area contributed by atoms with E-state index in [4.69, 9.17) is 16.3 Å². The van der Waals surface area contributed by atoms with E-state index >= 15 is 0 Å². The lowest BCUT2D eigenvalue weighted by atomic mass is 9.95. The van der Waals surface area contributed by atoms with Gasteiger partial charge in [-0.1, -0.05) is 11.6 Å². The third-order valence-corrected chi connectivity index (χ3v) is 7.54. The lowest BCUT2D eigenvalue weighted by Crippen LogP contribution is -2.53. The quantitative estimate of drug-likeness (QED) is 0.427. The predicted molar refractivity (Wildman–Crippen MR) is 129 cm³/mol. The molecule has 0 saturated carbocycles. The van der Waals surface area contributed by atoms with E-state index in [1.165, 1.54) is 6.07 Å². The predicted octanol–water partition coefficient (Wildman–Crippen LogP) is 4.91. The van der Waals surface area contributed by atoms with Gasteiger partial charge in [-0.2, -0.15) is 13.2 Å². The summed E-state index contributed by atoms with van der Waals surface area (Å²) in [6, 6.07) is 7.65. The van der Waals surface area contributed by atoms with Gasteiger partial charge in [0.25, 0.3) is 0 Å². The molecular formula is C25H24ClF5N6O. The van der Waals surface area contributed by atoms with Crippen LogP contribution in [0.3, 0.4) is 0 Å². The topological polar surface area (TPSA) is 59.3 Å². The number of halogens is 6. The Morgan fingerprint density at radius 2 is 1.82 bits per heavy atom. The van der Waals surface area contributed by atoms with Gasteiger partial charge in [-0.3, -0.25) is 9.47 Å². The van der Waals surface area contributed by atoms with E-state index in [2.05, 4.69) is 15.2 Å². The monoisotopic (exact) mass is 554 g/mol. The molecule has 5 heterocycles. The number of rotatable bonds is 4. The highest BCUT2D eigenvalue weighted by Crippen LogP contribution is 2.36. The first-order valence-electron chi connectivity index (χ1n) is 12.3. The summed E-state index contributed by atoms with van der Waals surface area (Å²) in [4.78, 5) is 7.27. The molecule has 7 nitrogen and oxygen atoms in total. The van der Waals surface area contributed by atoms with Gasteiger partial charge in [0.1, 0.15) is 11.6 Å². The Labute approximate surface area is 220 Å². The van der Waals surface area contributed by atoms with Gasteiger partial charge in [0.15, 0.2) is 23.0 Å². The summed E-state index contributed by atoms with van der Waals surface area (Å²) in [5.74, 6) is 0.113. The molecule has 0 amide bonds. The zero-order valence-electron chi connectivity index (χ0n) is 20.2. The van der Waals surface area contributed by atoms with Gasteiger partial charge >= 0.3 is 6.18 Å². The largest absolute Gasteiger partial charge is 0.436 e. The Hall–Kier alpha value is -2.83. The van der Waals surface area contributed by atoms with Crippen LogP contribution in [0.5, 0.6) is 0 Å². The van der Waals surface area contributed by atoms with Crippen molar-refractivity contribution in [3.63, 3.8) is 0 Å². The summed E-state index contributed by atoms with van der Waals surface area (Å²) in [6.07, 6.45) is -3.68. The zero-order valence-corrected chi connectivity index (χ0v) is 20.9. The van der Waals surface area contributed by atoms with Crippen molar-refractivity contribution in [3.05, 3.63) is 64.1 Å². The molecule has 3 aliphatic rings. The van der Waals surface area contributed by atoms with Gasteiger partial charge in [-0.25, -0.2) is 13.8 Å². The first kappa shape index (κ1) is 25.4. The number of nitrogens with zero attached hydrogens (tertiary/aromatic N) is 6. The molecule has 0 atom stereocenters. The molecule has 0 N–H and O–H groups in total. The minimum Gasteiger partial charge on any atom is -0.375 e. The molecule has 202 valence electrons. The first-order valence-corrected chi connectivity index (χ1v) is 12.7. The number of benzene rings is 1. The van der Waals surface area contributed by atoms with Crippen LogP contribution in [0.15, 0.2) is 30.3 Å². The Kier molecular flexibility index (Phi) is 6.31. The van der Waals surface area contributed by atoms with Crippen molar-refractivity contribution in [1.29, 1.82) is 0 Å². The van der Waals surface area contributed by atoms with Gasteiger partial charge in [0.05, 0.1) is 25.4 Å². The number of aromatic nitrogens is 4. The maximum absolute atomic E-state index is 14.9. The third kappa shape index (κ3) is 4.73. The van der Waals surface area contributed by atoms with E-state index < -0.39 is 23.4 Å². The van der Waals surface area contributed by atoms with E-state index in [0.717, 1.165) is 23.1 Å². The lowest BCUT2D eigenvalue weighted by Gasteiger charge is -2.37. The maximum Gasteiger partial charge on any atom is 0.436 e. The van der Waals surface area contributed by atoms with Crippen LogP contribution in [0, 0.1) is 5.82 Å². The van der Waals surface area contributed by atoms with Crippen LogP contribution in [0.25, 0.3) is 5.69 Å². The van der Waals surface area contributed by atoms with E-state index in [9.17, 15) is 22.0 Å². The summed E-state index contributed by atoms with van der Waals surface area (Å²) >= 11 is 6.30. The van der Waals surface area contributed by atoms with E-state index in [0.29, 0.717) is 49.9 Å². The van der Waals surface area contributed by atoms with Crippen molar-refractivity contribution in [2.45, 2.75) is 43.7 Å². The number of pyridine rings is 1. The average Bonchev–Trinajstić information content (AvgIpc) is 3.19. The number of alkyl halides is 4. The standard InChI is InChI=1S/C25H24ClF5N6O/c26-17-1-3-19-16(9-17)10-35(12-24(28)13-38-14-24)11-21-33-34-23(37(19)21)15-5-7-36(8-6-15)20-4-2-18(27)22(32-20)25(29,30)31/h1-4,9,15H,5-8,10-14H2. The van der Waals surface area contributed by atoms with Gasteiger partial charge in [-0.15, -0.1) is 10.2 Å². The Morgan fingerprint density at radius 3 is 2.50 bits per heavy atom.